The maximum atomic E-state index is 5.94. The Hall–Kier alpha value is -1.48. The van der Waals surface area contributed by atoms with Crippen molar-refractivity contribution in [1.29, 1.82) is 0 Å². The van der Waals surface area contributed by atoms with Crippen molar-refractivity contribution < 1.29 is 4.74 Å². The van der Waals surface area contributed by atoms with Crippen LogP contribution in [0.2, 0.25) is 0 Å². The van der Waals surface area contributed by atoms with Gasteiger partial charge in [0.2, 0.25) is 0 Å². The largest absolute Gasteiger partial charge is 0.496 e. The van der Waals surface area contributed by atoms with Gasteiger partial charge >= 0.3 is 0 Å². The third-order valence-electron chi connectivity index (χ3n) is 2.65. The van der Waals surface area contributed by atoms with E-state index in [1.54, 1.807) is 18.4 Å². The van der Waals surface area contributed by atoms with Gasteiger partial charge in [0.05, 0.1) is 12.8 Å². The summed E-state index contributed by atoms with van der Waals surface area (Å²) in [5.74, 6) is 0.877. The van der Waals surface area contributed by atoms with Crippen molar-refractivity contribution in [1.82, 2.24) is 0 Å². The summed E-state index contributed by atoms with van der Waals surface area (Å²) in [4.78, 5) is 0. The quantitative estimate of drug-likeness (QED) is 0.879. The number of nitrogens with two attached hydrogens (primary N) is 1. The number of hydrogen-bond acceptors (Lipinski definition) is 3. The summed E-state index contributed by atoms with van der Waals surface area (Å²) in [6, 6.07) is 6.24. The molecule has 0 bridgehead atoms. The molecule has 2 rings (SSSR count). The molecule has 0 spiro atoms. The molecule has 0 aliphatic heterocycles. The second kappa shape index (κ2) is 4.58. The van der Waals surface area contributed by atoms with Crippen LogP contribution in [0, 0.1) is 0 Å². The standard InChI is InChI=1S/C13H15NOS/c1-3-9-4-5-13(15-2)10(6-9)11-7-16-8-12(11)14/h4-8H,3,14H2,1-2H3. The van der Waals surface area contributed by atoms with Crippen molar-refractivity contribution in [3.63, 3.8) is 0 Å². The molecular formula is C13H15NOS. The fourth-order valence-electron chi connectivity index (χ4n) is 1.71. The van der Waals surface area contributed by atoms with Gasteiger partial charge in [0.15, 0.2) is 0 Å². The van der Waals surface area contributed by atoms with Crippen LogP contribution in [0.4, 0.5) is 5.69 Å². The molecule has 0 radical (unpaired) electrons. The second-order valence-electron chi connectivity index (χ2n) is 3.63. The van der Waals surface area contributed by atoms with E-state index in [1.165, 1.54) is 5.56 Å². The van der Waals surface area contributed by atoms with Gasteiger partial charge in [-0.1, -0.05) is 13.0 Å². The van der Waals surface area contributed by atoms with Gasteiger partial charge in [-0.25, -0.2) is 0 Å². The van der Waals surface area contributed by atoms with Gasteiger partial charge in [-0.05, 0) is 24.1 Å². The molecule has 2 nitrogen and oxygen atoms in total. The Balaban J connectivity index is 2.57. The van der Waals surface area contributed by atoms with Gasteiger partial charge in [-0.3, -0.25) is 0 Å². The van der Waals surface area contributed by atoms with Crippen LogP contribution >= 0.6 is 11.3 Å². The number of anilines is 1. The third-order valence-corrected chi connectivity index (χ3v) is 3.42. The number of thiophene rings is 1. The first-order valence-corrected chi connectivity index (χ1v) is 6.19. The van der Waals surface area contributed by atoms with Crippen LogP contribution in [-0.2, 0) is 6.42 Å². The van der Waals surface area contributed by atoms with Crippen molar-refractivity contribution in [3.8, 4) is 16.9 Å². The van der Waals surface area contributed by atoms with E-state index in [0.717, 1.165) is 29.0 Å². The van der Waals surface area contributed by atoms with E-state index >= 15 is 0 Å². The lowest BCUT2D eigenvalue weighted by atomic mass is 10.0. The van der Waals surface area contributed by atoms with Crippen LogP contribution in [0.3, 0.4) is 0 Å². The van der Waals surface area contributed by atoms with E-state index < -0.39 is 0 Å². The number of rotatable bonds is 3. The van der Waals surface area contributed by atoms with Gasteiger partial charge < -0.3 is 10.5 Å². The highest BCUT2D eigenvalue weighted by molar-refractivity contribution is 7.08. The molecule has 0 unspecified atom stereocenters. The fourth-order valence-corrected chi connectivity index (χ4v) is 2.45. The van der Waals surface area contributed by atoms with Crippen LogP contribution in [0.25, 0.3) is 11.1 Å². The first-order valence-electron chi connectivity index (χ1n) is 5.25. The summed E-state index contributed by atoms with van der Waals surface area (Å²) in [5, 5.41) is 4.01. The Morgan fingerprint density at radius 3 is 2.62 bits per heavy atom. The number of nitrogen functional groups attached to an aromatic ring is 1. The fraction of sp³-hybridized carbons (Fsp3) is 0.231. The number of methoxy groups -OCH3 is 1. The van der Waals surface area contributed by atoms with Gasteiger partial charge in [0.1, 0.15) is 5.75 Å². The Morgan fingerprint density at radius 1 is 1.25 bits per heavy atom. The van der Waals surface area contributed by atoms with Crippen molar-refractivity contribution in [2.75, 3.05) is 12.8 Å². The van der Waals surface area contributed by atoms with E-state index in [2.05, 4.69) is 24.4 Å². The van der Waals surface area contributed by atoms with Crippen molar-refractivity contribution in [3.05, 3.63) is 34.5 Å². The lowest BCUT2D eigenvalue weighted by molar-refractivity contribution is 0.416. The Labute approximate surface area is 99.7 Å². The molecule has 1 aromatic heterocycles. The maximum absolute atomic E-state index is 5.94. The zero-order valence-corrected chi connectivity index (χ0v) is 10.3. The average Bonchev–Trinajstić information content (AvgIpc) is 2.74. The van der Waals surface area contributed by atoms with Gasteiger partial charge in [-0.2, -0.15) is 0 Å². The SMILES string of the molecule is CCc1ccc(OC)c(-c2cscc2N)c1. The number of hydrogen-bond donors (Lipinski definition) is 1. The maximum Gasteiger partial charge on any atom is 0.126 e. The highest BCUT2D eigenvalue weighted by Gasteiger charge is 2.10. The zero-order chi connectivity index (χ0) is 11.5. The average molecular weight is 233 g/mol. The third kappa shape index (κ3) is 1.91. The molecule has 0 saturated carbocycles. The molecule has 2 aromatic rings. The van der Waals surface area contributed by atoms with Crippen LogP contribution in [-0.4, -0.2) is 7.11 Å². The Morgan fingerprint density at radius 2 is 2.06 bits per heavy atom. The molecule has 1 aromatic carbocycles. The lowest BCUT2D eigenvalue weighted by Crippen LogP contribution is -1.92. The van der Waals surface area contributed by atoms with E-state index in [9.17, 15) is 0 Å². The number of ether oxygens (including phenoxy) is 1. The van der Waals surface area contributed by atoms with E-state index in [0.29, 0.717) is 0 Å². The Kier molecular flexibility index (Phi) is 3.15. The molecule has 0 amide bonds. The zero-order valence-electron chi connectivity index (χ0n) is 9.49. The minimum Gasteiger partial charge on any atom is -0.496 e. The summed E-state index contributed by atoms with van der Waals surface area (Å²) in [6.07, 6.45) is 1.01. The summed E-state index contributed by atoms with van der Waals surface area (Å²) in [7, 11) is 1.69. The van der Waals surface area contributed by atoms with E-state index in [4.69, 9.17) is 10.5 Å². The van der Waals surface area contributed by atoms with Crippen molar-refractivity contribution >= 4 is 17.0 Å². The molecular weight excluding hydrogens is 218 g/mol. The van der Waals surface area contributed by atoms with Crippen LogP contribution in [0.5, 0.6) is 5.75 Å². The molecule has 3 heteroatoms. The van der Waals surface area contributed by atoms with Gasteiger partial charge in [0.25, 0.3) is 0 Å². The molecule has 0 fully saturated rings. The molecule has 0 saturated heterocycles. The van der Waals surface area contributed by atoms with E-state index in [-0.39, 0.29) is 0 Å². The van der Waals surface area contributed by atoms with Gasteiger partial charge in [-0.15, -0.1) is 11.3 Å². The normalized spacial score (nSPS) is 10.4. The predicted octanol–water partition coefficient (Wildman–Crippen LogP) is 3.57. The van der Waals surface area contributed by atoms with Crippen LogP contribution < -0.4 is 10.5 Å². The van der Waals surface area contributed by atoms with Gasteiger partial charge in [0, 0.05) is 21.9 Å². The predicted molar refractivity (Wildman–Crippen MR) is 70.1 cm³/mol. The molecule has 16 heavy (non-hydrogen) atoms. The highest BCUT2D eigenvalue weighted by Crippen LogP contribution is 2.36. The lowest BCUT2D eigenvalue weighted by Gasteiger charge is -2.09. The molecule has 0 aliphatic carbocycles. The van der Waals surface area contributed by atoms with Crippen LogP contribution in [0.1, 0.15) is 12.5 Å². The molecule has 2 N–H and O–H groups in total. The first kappa shape index (κ1) is 11.0. The monoisotopic (exact) mass is 233 g/mol. The molecule has 1 heterocycles. The molecule has 0 aliphatic rings. The minimum atomic E-state index is 0.816. The summed E-state index contributed by atoms with van der Waals surface area (Å²) >= 11 is 1.61. The van der Waals surface area contributed by atoms with Crippen LogP contribution in [0.15, 0.2) is 29.0 Å². The number of aryl methyl sites for hydroxylation is 1. The number of benzene rings is 1. The van der Waals surface area contributed by atoms with Crippen molar-refractivity contribution in [2.24, 2.45) is 0 Å². The summed E-state index contributed by atoms with van der Waals surface area (Å²) in [6.45, 7) is 2.14. The topological polar surface area (TPSA) is 35.2 Å². The summed E-state index contributed by atoms with van der Waals surface area (Å²) in [5.41, 5.74) is 10.2. The highest BCUT2D eigenvalue weighted by atomic mass is 32.1. The van der Waals surface area contributed by atoms with Crippen molar-refractivity contribution in [2.45, 2.75) is 13.3 Å². The smallest absolute Gasteiger partial charge is 0.126 e. The van der Waals surface area contributed by atoms with E-state index in [1.807, 2.05) is 11.4 Å². The Bertz CT molecular complexity index is 490. The molecule has 0 atom stereocenters. The summed E-state index contributed by atoms with van der Waals surface area (Å²) < 4.78 is 5.37. The second-order valence-corrected chi connectivity index (χ2v) is 4.37. The minimum absolute atomic E-state index is 0.816. The first-order chi connectivity index (χ1) is 7.76. The molecule has 84 valence electrons.